The zero-order valence-corrected chi connectivity index (χ0v) is 25.7. The summed E-state index contributed by atoms with van der Waals surface area (Å²) in [7, 11) is 0.446. The second-order valence-electron chi connectivity index (χ2n) is 7.52. The number of hydrogen-bond acceptors (Lipinski definition) is 0. The van der Waals surface area contributed by atoms with Crippen LogP contribution in [0.2, 0.25) is 0 Å². The number of hydrogen-bond donors (Lipinski definition) is 0. The Hall–Kier alpha value is -0.556. The molecule has 0 amide bonds. The monoisotopic (exact) mass is 556 g/mol. The molecule has 0 aliphatic heterocycles. The molecule has 34 heavy (non-hydrogen) atoms. The van der Waals surface area contributed by atoms with Gasteiger partial charge in [0, 0.05) is 16.5 Å². The van der Waals surface area contributed by atoms with E-state index in [1.165, 1.54) is 37.0 Å². The molecule has 0 saturated carbocycles. The van der Waals surface area contributed by atoms with Crippen molar-refractivity contribution in [2.24, 2.45) is 0 Å². The molecule has 0 saturated heterocycles. The van der Waals surface area contributed by atoms with Gasteiger partial charge in [-0.15, -0.1) is 0 Å². The Morgan fingerprint density at radius 2 is 0.529 bits per heavy atom. The van der Waals surface area contributed by atoms with E-state index in [9.17, 15) is 0 Å². The van der Waals surface area contributed by atoms with Crippen LogP contribution >= 0.6 is 23.8 Å². The van der Waals surface area contributed by atoms with Gasteiger partial charge < -0.3 is 0 Å². The zero-order chi connectivity index (χ0) is 24.3. The first-order chi connectivity index (χ1) is 16.1. The van der Waals surface area contributed by atoms with Crippen LogP contribution in [-0.4, -0.2) is 37.0 Å². The summed E-state index contributed by atoms with van der Waals surface area (Å²) in [4.78, 5) is 0. The van der Waals surface area contributed by atoms with Crippen LogP contribution in [0.15, 0.2) is 91.0 Å². The summed E-state index contributed by atoms with van der Waals surface area (Å²) in [5, 5.41) is 4.65. The van der Waals surface area contributed by atoms with Gasteiger partial charge in [0.15, 0.2) is 0 Å². The zero-order valence-electron chi connectivity index (χ0n) is 22.1. The van der Waals surface area contributed by atoms with E-state index in [-0.39, 0.29) is 40.3 Å². The van der Waals surface area contributed by atoms with Crippen LogP contribution in [0.4, 0.5) is 0 Å². The van der Waals surface area contributed by atoms with Crippen LogP contribution in [-0.2, 0) is 16.5 Å². The first kappa shape index (κ1) is 33.4. The normalized spacial score (nSPS) is 10.1. The number of benzene rings is 3. The first-order valence-electron chi connectivity index (χ1n) is 12.5. The van der Waals surface area contributed by atoms with Gasteiger partial charge in [-0.1, -0.05) is 156 Å². The molecule has 0 spiro atoms. The van der Waals surface area contributed by atoms with Crippen molar-refractivity contribution in [3.63, 3.8) is 0 Å². The standard InChI is InChI=1S/3C10H15P.Ni/c3*1-3-11(4-2)10-8-6-5-7-9-10;/h3*5-9H,3-4H2,1-2H3;. The molecule has 0 nitrogen and oxygen atoms in total. The maximum Gasteiger partial charge on any atom is 0 e. The van der Waals surface area contributed by atoms with Gasteiger partial charge >= 0.3 is 0 Å². The molecule has 3 rings (SSSR count). The molecule has 0 N–H and O–H groups in total. The van der Waals surface area contributed by atoms with Gasteiger partial charge in [0.1, 0.15) is 0 Å². The maximum atomic E-state index is 2.28. The first-order valence-corrected chi connectivity index (χ1v) is 17.7. The molecule has 0 aliphatic carbocycles. The summed E-state index contributed by atoms with van der Waals surface area (Å²) in [6, 6.07) is 32.6. The van der Waals surface area contributed by atoms with Crippen LogP contribution in [0, 0.1) is 0 Å². The van der Waals surface area contributed by atoms with Crippen molar-refractivity contribution in [1.29, 1.82) is 0 Å². The van der Waals surface area contributed by atoms with Gasteiger partial charge in [-0.2, -0.15) is 0 Å². The van der Waals surface area contributed by atoms with E-state index in [4.69, 9.17) is 0 Å². The molecule has 190 valence electrons. The van der Waals surface area contributed by atoms with Gasteiger partial charge in [-0.3, -0.25) is 0 Å². The molecule has 0 aromatic heterocycles. The average molecular weight is 557 g/mol. The molecule has 0 radical (unpaired) electrons. The summed E-state index contributed by atoms with van der Waals surface area (Å²) in [6.07, 6.45) is 7.89. The maximum absolute atomic E-state index is 2.28. The molecule has 3 aromatic rings. The van der Waals surface area contributed by atoms with Gasteiger partial charge in [-0.05, 0) is 52.9 Å². The topological polar surface area (TPSA) is 0 Å². The second-order valence-corrected chi connectivity index (χ2v) is 16.1. The summed E-state index contributed by atoms with van der Waals surface area (Å²) >= 11 is 0. The number of rotatable bonds is 9. The molecule has 0 bridgehead atoms. The molecule has 4 heteroatoms. The summed E-state index contributed by atoms with van der Waals surface area (Å²) in [6.45, 7) is 13.7. The Morgan fingerprint density at radius 1 is 0.353 bits per heavy atom. The van der Waals surface area contributed by atoms with E-state index in [1.807, 2.05) is 0 Å². The minimum atomic E-state index is 0. The third kappa shape index (κ3) is 12.9. The predicted molar refractivity (Wildman–Crippen MR) is 162 cm³/mol. The molecule has 3 aromatic carbocycles. The fourth-order valence-corrected chi connectivity index (χ4v) is 9.00. The van der Waals surface area contributed by atoms with Crippen molar-refractivity contribution >= 4 is 39.7 Å². The molecule has 0 atom stereocenters. The van der Waals surface area contributed by atoms with E-state index < -0.39 is 0 Å². The van der Waals surface area contributed by atoms with E-state index in [0.717, 1.165) is 0 Å². The van der Waals surface area contributed by atoms with Crippen molar-refractivity contribution < 1.29 is 16.5 Å². The third-order valence-corrected chi connectivity index (χ3v) is 13.3. The SMILES string of the molecule is CCP(CC)c1ccccc1.CCP(CC)c1ccccc1.CCP(CC)c1ccccc1.[Ni]. The van der Waals surface area contributed by atoms with E-state index in [0.29, 0.717) is 0 Å². The van der Waals surface area contributed by atoms with Crippen LogP contribution in [0.1, 0.15) is 41.5 Å². The Labute approximate surface area is 224 Å². The molecule has 0 aliphatic rings. The molecular formula is C30H45NiP3. The molecule has 0 fully saturated rings. The van der Waals surface area contributed by atoms with Crippen LogP contribution in [0.5, 0.6) is 0 Å². The van der Waals surface area contributed by atoms with E-state index in [2.05, 4.69) is 133 Å². The summed E-state index contributed by atoms with van der Waals surface area (Å²) < 4.78 is 0. The predicted octanol–water partition coefficient (Wildman–Crippen LogP) is 8.50. The van der Waals surface area contributed by atoms with E-state index >= 15 is 0 Å². The third-order valence-electron chi connectivity index (χ3n) is 5.65. The Morgan fingerprint density at radius 3 is 0.676 bits per heavy atom. The van der Waals surface area contributed by atoms with Crippen molar-refractivity contribution in [3.05, 3.63) is 91.0 Å². The fraction of sp³-hybridized carbons (Fsp3) is 0.400. The Balaban J connectivity index is 0.000000473. The van der Waals surface area contributed by atoms with Crippen LogP contribution in [0.3, 0.4) is 0 Å². The van der Waals surface area contributed by atoms with Gasteiger partial charge in [0.2, 0.25) is 0 Å². The van der Waals surface area contributed by atoms with Crippen molar-refractivity contribution in [2.45, 2.75) is 41.5 Å². The van der Waals surface area contributed by atoms with Crippen molar-refractivity contribution in [1.82, 2.24) is 0 Å². The van der Waals surface area contributed by atoms with Crippen molar-refractivity contribution in [3.8, 4) is 0 Å². The van der Waals surface area contributed by atoms with Gasteiger partial charge in [0.05, 0.1) is 0 Å². The van der Waals surface area contributed by atoms with Gasteiger partial charge in [-0.25, -0.2) is 0 Å². The summed E-state index contributed by atoms with van der Waals surface area (Å²) in [5.74, 6) is 0. The molecule has 0 unspecified atom stereocenters. The largest absolute Gasteiger partial charge is 0.0759 e. The molecule has 0 heterocycles. The quantitative estimate of drug-likeness (QED) is 0.183. The minimum absolute atomic E-state index is 0. The second kappa shape index (κ2) is 21.7. The smallest absolute Gasteiger partial charge is 0 e. The van der Waals surface area contributed by atoms with Crippen molar-refractivity contribution in [2.75, 3.05) is 37.0 Å². The van der Waals surface area contributed by atoms with E-state index in [1.54, 1.807) is 15.9 Å². The fourth-order valence-electron chi connectivity index (χ4n) is 3.68. The minimum Gasteiger partial charge on any atom is -0.0759 e. The van der Waals surface area contributed by atoms with Crippen LogP contribution < -0.4 is 15.9 Å². The molecular weight excluding hydrogens is 512 g/mol. The Bertz CT molecular complexity index is 687. The van der Waals surface area contributed by atoms with Crippen LogP contribution in [0.25, 0.3) is 0 Å². The average Bonchev–Trinajstić information content (AvgIpc) is 2.89. The van der Waals surface area contributed by atoms with Gasteiger partial charge in [0.25, 0.3) is 0 Å². The summed E-state index contributed by atoms with van der Waals surface area (Å²) in [5.41, 5.74) is 0. The Kier molecular flexibility index (Phi) is 21.3.